The van der Waals surface area contributed by atoms with E-state index in [0.717, 1.165) is 11.5 Å². The topological polar surface area (TPSA) is 41.6 Å². The van der Waals surface area contributed by atoms with Gasteiger partial charge in [0.2, 0.25) is 0 Å². The molecule has 1 heterocycles. The zero-order chi connectivity index (χ0) is 8.97. The summed E-state index contributed by atoms with van der Waals surface area (Å²) in [4.78, 5) is 4.20. The van der Waals surface area contributed by atoms with Crippen LogP contribution < -0.4 is 5.84 Å². The van der Waals surface area contributed by atoms with Crippen molar-refractivity contribution in [2.45, 2.75) is 6.92 Å². The highest BCUT2D eigenvalue weighted by Crippen LogP contribution is 2.01. The van der Waals surface area contributed by atoms with Gasteiger partial charge in [-0.1, -0.05) is 24.8 Å². The van der Waals surface area contributed by atoms with Gasteiger partial charge in [0.1, 0.15) is 5.84 Å². The molecular weight excluding hydrogens is 150 g/mol. The predicted octanol–water partition coefficient (Wildman–Crippen LogP) is 1.22. The molecule has 0 aromatic rings. The van der Waals surface area contributed by atoms with Gasteiger partial charge in [-0.15, -0.1) is 0 Å². The van der Waals surface area contributed by atoms with Crippen molar-refractivity contribution in [2.24, 2.45) is 10.8 Å². The molecule has 0 aliphatic carbocycles. The highest BCUT2D eigenvalue weighted by atomic mass is 15.4. The average molecular weight is 163 g/mol. The minimum absolute atomic E-state index is 0.664. The van der Waals surface area contributed by atoms with Crippen LogP contribution in [-0.2, 0) is 0 Å². The van der Waals surface area contributed by atoms with Crippen LogP contribution in [0.1, 0.15) is 6.92 Å². The molecule has 0 fully saturated rings. The SMILES string of the molecule is C=C1/C=C\C=C/CN=C(C)N1N. The highest BCUT2D eigenvalue weighted by Gasteiger charge is 2.02. The zero-order valence-corrected chi connectivity index (χ0v) is 7.20. The summed E-state index contributed by atoms with van der Waals surface area (Å²) in [7, 11) is 0. The minimum atomic E-state index is 0.664. The molecule has 1 aliphatic rings. The maximum atomic E-state index is 5.68. The van der Waals surface area contributed by atoms with Crippen LogP contribution in [0, 0.1) is 0 Å². The van der Waals surface area contributed by atoms with E-state index in [1.165, 1.54) is 5.01 Å². The maximum absolute atomic E-state index is 5.68. The fraction of sp³-hybridized carbons (Fsp3) is 0.222. The number of aliphatic imine (C=N–C) groups is 1. The molecule has 1 aliphatic heterocycles. The van der Waals surface area contributed by atoms with Crippen LogP contribution in [0.25, 0.3) is 0 Å². The van der Waals surface area contributed by atoms with E-state index in [1.807, 2.05) is 31.2 Å². The zero-order valence-electron chi connectivity index (χ0n) is 7.20. The van der Waals surface area contributed by atoms with Gasteiger partial charge in [0.15, 0.2) is 0 Å². The first-order chi connectivity index (χ1) is 5.72. The lowest BCUT2D eigenvalue weighted by Crippen LogP contribution is -2.33. The van der Waals surface area contributed by atoms with Gasteiger partial charge in [0.05, 0.1) is 12.2 Å². The third-order valence-corrected chi connectivity index (χ3v) is 1.62. The molecule has 0 aromatic heterocycles. The lowest BCUT2D eigenvalue weighted by molar-refractivity contribution is 0.559. The van der Waals surface area contributed by atoms with E-state index in [9.17, 15) is 0 Å². The van der Waals surface area contributed by atoms with E-state index in [2.05, 4.69) is 11.6 Å². The van der Waals surface area contributed by atoms with E-state index in [1.54, 1.807) is 0 Å². The second-order valence-electron chi connectivity index (χ2n) is 2.54. The second kappa shape index (κ2) is 3.88. The van der Waals surface area contributed by atoms with E-state index >= 15 is 0 Å². The summed E-state index contributed by atoms with van der Waals surface area (Å²) >= 11 is 0. The minimum Gasteiger partial charge on any atom is -0.267 e. The maximum Gasteiger partial charge on any atom is 0.115 e. The highest BCUT2D eigenvalue weighted by molar-refractivity contribution is 5.81. The van der Waals surface area contributed by atoms with Crippen LogP contribution >= 0.6 is 0 Å². The number of hydrazine groups is 1. The summed E-state index contributed by atoms with van der Waals surface area (Å²) in [6.07, 6.45) is 7.64. The molecule has 0 atom stereocenters. The van der Waals surface area contributed by atoms with Gasteiger partial charge in [0, 0.05) is 0 Å². The van der Waals surface area contributed by atoms with Crippen molar-refractivity contribution in [3.05, 3.63) is 36.6 Å². The predicted molar refractivity (Wildman–Crippen MR) is 51.4 cm³/mol. The van der Waals surface area contributed by atoms with Crippen molar-refractivity contribution in [2.75, 3.05) is 6.54 Å². The molecule has 3 nitrogen and oxygen atoms in total. The van der Waals surface area contributed by atoms with Gasteiger partial charge in [-0.2, -0.15) is 0 Å². The van der Waals surface area contributed by atoms with Crippen LogP contribution in [-0.4, -0.2) is 17.4 Å². The molecule has 0 saturated carbocycles. The van der Waals surface area contributed by atoms with Crippen molar-refractivity contribution in [3.8, 4) is 0 Å². The number of hydrogen-bond acceptors (Lipinski definition) is 3. The summed E-state index contributed by atoms with van der Waals surface area (Å²) in [6, 6.07) is 0. The summed E-state index contributed by atoms with van der Waals surface area (Å²) in [5.74, 6) is 6.46. The van der Waals surface area contributed by atoms with Gasteiger partial charge >= 0.3 is 0 Å². The van der Waals surface area contributed by atoms with Gasteiger partial charge in [-0.25, -0.2) is 5.84 Å². The van der Waals surface area contributed by atoms with Crippen molar-refractivity contribution in [3.63, 3.8) is 0 Å². The number of nitrogens with zero attached hydrogens (tertiary/aromatic N) is 2. The Labute approximate surface area is 72.5 Å². The molecule has 64 valence electrons. The number of allylic oxidation sites excluding steroid dienone is 3. The summed E-state index contributed by atoms with van der Waals surface area (Å²) in [5.41, 5.74) is 0.739. The first-order valence-electron chi connectivity index (χ1n) is 3.80. The van der Waals surface area contributed by atoms with E-state index < -0.39 is 0 Å². The van der Waals surface area contributed by atoms with E-state index in [0.29, 0.717) is 6.54 Å². The van der Waals surface area contributed by atoms with Crippen molar-refractivity contribution in [1.29, 1.82) is 0 Å². The summed E-state index contributed by atoms with van der Waals surface area (Å²) in [6.45, 7) is 6.31. The molecule has 0 unspecified atom stereocenters. The third-order valence-electron chi connectivity index (χ3n) is 1.62. The normalized spacial score (nSPS) is 23.7. The Balaban J connectivity index is 2.87. The van der Waals surface area contributed by atoms with Gasteiger partial charge in [-0.05, 0) is 13.0 Å². The van der Waals surface area contributed by atoms with Crippen LogP contribution in [0.4, 0.5) is 0 Å². The number of nitrogens with two attached hydrogens (primary N) is 1. The second-order valence-corrected chi connectivity index (χ2v) is 2.54. The number of hydrogen-bond donors (Lipinski definition) is 1. The molecule has 2 N–H and O–H groups in total. The van der Waals surface area contributed by atoms with Crippen LogP contribution in [0.15, 0.2) is 41.6 Å². The molecule has 1 rings (SSSR count). The Morgan fingerprint density at radius 3 is 3.08 bits per heavy atom. The van der Waals surface area contributed by atoms with Crippen molar-refractivity contribution < 1.29 is 0 Å². The van der Waals surface area contributed by atoms with Crippen molar-refractivity contribution in [1.82, 2.24) is 5.01 Å². The van der Waals surface area contributed by atoms with Gasteiger partial charge in [0.25, 0.3) is 0 Å². The Hall–Kier alpha value is -1.35. The Morgan fingerprint density at radius 2 is 2.33 bits per heavy atom. The fourth-order valence-corrected chi connectivity index (χ4v) is 0.855. The molecule has 0 spiro atoms. The Kier molecular flexibility index (Phi) is 2.82. The quantitative estimate of drug-likeness (QED) is 0.545. The molecule has 0 radical (unpaired) electrons. The van der Waals surface area contributed by atoms with Gasteiger partial charge in [-0.3, -0.25) is 10.0 Å². The molecule has 0 aromatic carbocycles. The standard InChI is InChI=1S/C9H13N3/c1-8-6-4-3-5-7-11-9(2)12(8)10/h3-6H,1,7,10H2,2H3/b5-3-,6-4-,11-9?. The van der Waals surface area contributed by atoms with E-state index in [4.69, 9.17) is 5.84 Å². The van der Waals surface area contributed by atoms with Crippen molar-refractivity contribution >= 4 is 5.84 Å². The monoisotopic (exact) mass is 163 g/mol. The molecule has 0 bridgehead atoms. The molecule has 12 heavy (non-hydrogen) atoms. The lowest BCUT2D eigenvalue weighted by Gasteiger charge is -2.17. The Morgan fingerprint density at radius 1 is 1.58 bits per heavy atom. The Bertz CT molecular complexity index is 259. The molecule has 3 heteroatoms. The lowest BCUT2D eigenvalue weighted by atomic mass is 10.4. The van der Waals surface area contributed by atoms with Gasteiger partial charge < -0.3 is 0 Å². The largest absolute Gasteiger partial charge is 0.267 e. The summed E-state index contributed by atoms with van der Waals surface area (Å²) < 4.78 is 0. The fourth-order valence-electron chi connectivity index (χ4n) is 0.855. The molecular formula is C9H13N3. The molecule has 0 saturated heterocycles. The first kappa shape index (κ1) is 8.74. The smallest absolute Gasteiger partial charge is 0.115 e. The van der Waals surface area contributed by atoms with Crippen LogP contribution in [0.3, 0.4) is 0 Å². The summed E-state index contributed by atoms with van der Waals surface area (Å²) in [5, 5.41) is 1.48. The number of rotatable bonds is 0. The number of amidine groups is 1. The van der Waals surface area contributed by atoms with Crippen LogP contribution in [0.2, 0.25) is 0 Å². The first-order valence-corrected chi connectivity index (χ1v) is 3.80. The third kappa shape index (κ3) is 2.07. The molecule has 0 amide bonds. The van der Waals surface area contributed by atoms with Crippen LogP contribution in [0.5, 0.6) is 0 Å². The van der Waals surface area contributed by atoms with E-state index in [-0.39, 0.29) is 0 Å². The average Bonchev–Trinajstić information content (AvgIpc) is 2.12.